The third-order valence-corrected chi connectivity index (χ3v) is 6.06. The predicted octanol–water partition coefficient (Wildman–Crippen LogP) is 2.75. The number of anilines is 1. The number of amides is 1. The van der Waals surface area contributed by atoms with E-state index in [1.807, 2.05) is 6.07 Å². The number of carbonyl (C=O) groups excluding carboxylic acids is 1. The molecule has 0 spiro atoms. The summed E-state index contributed by atoms with van der Waals surface area (Å²) in [6, 6.07) is 15.4. The average molecular weight is 344 g/mol. The lowest BCUT2D eigenvalue weighted by molar-refractivity contribution is 0.0785. The molecule has 0 heterocycles. The highest BCUT2D eigenvalue weighted by molar-refractivity contribution is 7.92. The van der Waals surface area contributed by atoms with Gasteiger partial charge in [0.15, 0.2) is 0 Å². The molecule has 0 radical (unpaired) electrons. The van der Waals surface area contributed by atoms with E-state index >= 15 is 0 Å². The molecule has 0 bridgehead atoms. The van der Waals surface area contributed by atoms with Gasteiger partial charge in [-0.3, -0.25) is 9.10 Å². The fourth-order valence-corrected chi connectivity index (χ4v) is 3.80. The Morgan fingerprint density at radius 1 is 1.00 bits per heavy atom. The number of hydrogen-bond acceptors (Lipinski definition) is 3. The molecule has 0 unspecified atom stereocenters. The van der Waals surface area contributed by atoms with Crippen molar-refractivity contribution >= 4 is 21.6 Å². The number of para-hydroxylation sites is 1. The molecular formula is C18H20N2O3S. The standard InChI is InChI=1S/C18H20N2O3S/c1-19(15-11-12-15)18(21)14-7-6-10-17(13-14)24(22,23)20(2)16-8-4-3-5-9-16/h3-10,13,15H,11-12H2,1-2H3. The van der Waals surface area contributed by atoms with E-state index in [1.165, 1.54) is 23.5 Å². The van der Waals surface area contributed by atoms with E-state index in [0.717, 1.165) is 12.8 Å². The van der Waals surface area contributed by atoms with Gasteiger partial charge in [-0.25, -0.2) is 8.42 Å². The van der Waals surface area contributed by atoms with Crippen molar-refractivity contribution in [3.8, 4) is 0 Å². The molecule has 3 rings (SSSR count). The zero-order chi connectivity index (χ0) is 17.3. The van der Waals surface area contributed by atoms with Gasteiger partial charge in [-0.05, 0) is 43.2 Å². The first-order valence-electron chi connectivity index (χ1n) is 7.82. The number of sulfonamides is 1. The smallest absolute Gasteiger partial charge is 0.264 e. The van der Waals surface area contributed by atoms with E-state index in [2.05, 4.69) is 0 Å². The first-order chi connectivity index (χ1) is 11.4. The van der Waals surface area contributed by atoms with Crippen LogP contribution < -0.4 is 4.31 Å². The van der Waals surface area contributed by atoms with Crippen LogP contribution in [0.4, 0.5) is 5.69 Å². The molecule has 0 saturated heterocycles. The van der Waals surface area contributed by atoms with Crippen LogP contribution in [0.15, 0.2) is 59.5 Å². The molecule has 6 heteroatoms. The van der Waals surface area contributed by atoms with Crippen LogP contribution in [0.3, 0.4) is 0 Å². The molecule has 1 amide bonds. The van der Waals surface area contributed by atoms with Crippen molar-refractivity contribution in [2.24, 2.45) is 0 Å². The summed E-state index contributed by atoms with van der Waals surface area (Å²) in [4.78, 5) is 14.3. The van der Waals surface area contributed by atoms with Gasteiger partial charge in [-0.2, -0.15) is 0 Å². The minimum absolute atomic E-state index is 0.115. The molecular weight excluding hydrogens is 324 g/mol. The number of nitrogens with zero attached hydrogens (tertiary/aromatic N) is 2. The zero-order valence-corrected chi connectivity index (χ0v) is 14.5. The maximum Gasteiger partial charge on any atom is 0.264 e. The lowest BCUT2D eigenvalue weighted by atomic mass is 10.2. The van der Waals surface area contributed by atoms with Crippen molar-refractivity contribution in [2.75, 3.05) is 18.4 Å². The van der Waals surface area contributed by atoms with Crippen molar-refractivity contribution in [1.29, 1.82) is 0 Å². The Morgan fingerprint density at radius 2 is 1.67 bits per heavy atom. The Labute approximate surface area is 142 Å². The summed E-state index contributed by atoms with van der Waals surface area (Å²) in [6.45, 7) is 0. The van der Waals surface area contributed by atoms with E-state index in [4.69, 9.17) is 0 Å². The van der Waals surface area contributed by atoms with Gasteiger partial charge in [0.2, 0.25) is 0 Å². The van der Waals surface area contributed by atoms with Crippen LogP contribution in [0, 0.1) is 0 Å². The second-order valence-corrected chi connectivity index (χ2v) is 7.95. The fraction of sp³-hybridized carbons (Fsp3) is 0.278. The minimum Gasteiger partial charge on any atom is -0.339 e. The summed E-state index contributed by atoms with van der Waals surface area (Å²) in [5.41, 5.74) is 0.969. The van der Waals surface area contributed by atoms with E-state index in [0.29, 0.717) is 11.3 Å². The first kappa shape index (κ1) is 16.5. The highest BCUT2D eigenvalue weighted by Gasteiger charge is 2.30. The van der Waals surface area contributed by atoms with Crippen molar-refractivity contribution < 1.29 is 13.2 Å². The predicted molar refractivity (Wildman–Crippen MR) is 93.6 cm³/mol. The molecule has 0 atom stereocenters. The summed E-state index contributed by atoms with van der Waals surface area (Å²) < 4.78 is 26.9. The molecule has 1 fully saturated rings. The Hall–Kier alpha value is -2.34. The summed E-state index contributed by atoms with van der Waals surface area (Å²) in [5, 5.41) is 0. The second-order valence-electron chi connectivity index (χ2n) is 5.98. The van der Waals surface area contributed by atoms with Gasteiger partial charge in [-0.15, -0.1) is 0 Å². The van der Waals surface area contributed by atoms with E-state index in [9.17, 15) is 13.2 Å². The second kappa shape index (κ2) is 6.28. The van der Waals surface area contributed by atoms with Crippen LogP contribution in [-0.4, -0.2) is 39.4 Å². The van der Waals surface area contributed by atoms with E-state index in [1.54, 1.807) is 48.3 Å². The zero-order valence-electron chi connectivity index (χ0n) is 13.7. The van der Waals surface area contributed by atoms with Crippen molar-refractivity contribution in [3.63, 3.8) is 0 Å². The Morgan fingerprint density at radius 3 is 2.29 bits per heavy atom. The van der Waals surface area contributed by atoms with Gasteiger partial charge in [0.1, 0.15) is 0 Å². The number of carbonyl (C=O) groups is 1. The first-order valence-corrected chi connectivity index (χ1v) is 9.26. The third kappa shape index (κ3) is 3.14. The molecule has 24 heavy (non-hydrogen) atoms. The monoisotopic (exact) mass is 344 g/mol. The van der Waals surface area contributed by atoms with Gasteiger partial charge >= 0.3 is 0 Å². The van der Waals surface area contributed by atoms with Crippen molar-refractivity contribution in [3.05, 3.63) is 60.2 Å². The van der Waals surface area contributed by atoms with Gasteiger partial charge in [0.05, 0.1) is 10.6 Å². The van der Waals surface area contributed by atoms with Crippen LogP contribution in [-0.2, 0) is 10.0 Å². The molecule has 2 aromatic rings. The number of benzene rings is 2. The normalized spacial score (nSPS) is 14.2. The SMILES string of the molecule is CN(C(=O)c1cccc(S(=O)(=O)N(C)c2ccccc2)c1)C1CC1. The maximum absolute atomic E-state index is 12.8. The van der Waals surface area contributed by atoms with Gasteiger partial charge in [0.25, 0.3) is 15.9 Å². The summed E-state index contributed by atoms with van der Waals surface area (Å²) in [6.07, 6.45) is 2.02. The summed E-state index contributed by atoms with van der Waals surface area (Å²) in [5.74, 6) is -0.142. The Balaban J connectivity index is 1.91. The highest BCUT2D eigenvalue weighted by Crippen LogP contribution is 2.27. The lowest BCUT2D eigenvalue weighted by Gasteiger charge is -2.20. The maximum atomic E-state index is 12.8. The molecule has 1 aliphatic carbocycles. The molecule has 1 aliphatic rings. The highest BCUT2D eigenvalue weighted by atomic mass is 32.2. The largest absolute Gasteiger partial charge is 0.339 e. The van der Waals surface area contributed by atoms with Gasteiger partial charge in [-0.1, -0.05) is 24.3 Å². The summed E-state index contributed by atoms with van der Waals surface area (Å²) >= 11 is 0. The van der Waals surface area contributed by atoms with Crippen LogP contribution in [0.2, 0.25) is 0 Å². The Bertz CT molecular complexity index is 846. The van der Waals surface area contributed by atoms with Crippen LogP contribution in [0.25, 0.3) is 0 Å². The fourth-order valence-electron chi connectivity index (χ4n) is 2.56. The molecule has 5 nitrogen and oxygen atoms in total. The Kier molecular flexibility index (Phi) is 4.32. The van der Waals surface area contributed by atoms with Crippen molar-refractivity contribution in [2.45, 2.75) is 23.8 Å². The molecule has 1 saturated carbocycles. The summed E-state index contributed by atoms with van der Waals surface area (Å²) in [7, 11) is -0.445. The van der Waals surface area contributed by atoms with Gasteiger partial charge in [0, 0.05) is 25.7 Å². The topological polar surface area (TPSA) is 57.7 Å². The number of rotatable bonds is 5. The molecule has 0 aromatic heterocycles. The van der Waals surface area contributed by atoms with Gasteiger partial charge < -0.3 is 4.90 Å². The van der Waals surface area contributed by atoms with Crippen LogP contribution in [0.1, 0.15) is 23.2 Å². The number of hydrogen-bond donors (Lipinski definition) is 0. The van der Waals surface area contributed by atoms with Crippen LogP contribution in [0.5, 0.6) is 0 Å². The van der Waals surface area contributed by atoms with Crippen LogP contribution >= 0.6 is 0 Å². The molecule has 2 aromatic carbocycles. The lowest BCUT2D eigenvalue weighted by Crippen LogP contribution is -2.29. The molecule has 126 valence electrons. The molecule has 0 aliphatic heterocycles. The molecule has 0 N–H and O–H groups in total. The minimum atomic E-state index is -3.72. The third-order valence-electron chi connectivity index (χ3n) is 4.27. The average Bonchev–Trinajstić information content (AvgIpc) is 3.45. The van der Waals surface area contributed by atoms with Crippen molar-refractivity contribution in [1.82, 2.24) is 4.90 Å². The quantitative estimate of drug-likeness (QED) is 0.838. The van der Waals surface area contributed by atoms with E-state index in [-0.39, 0.29) is 16.8 Å². The van der Waals surface area contributed by atoms with E-state index < -0.39 is 10.0 Å².